The minimum atomic E-state index is -2.40. The molecule has 0 fully saturated rings. The van der Waals surface area contributed by atoms with E-state index in [0.29, 0.717) is 5.66 Å². The summed E-state index contributed by atoms with van der Waals surface area (Å²) >= 11 is 0. The van der Waals surface area contributed by atoms with Crippen LogP contribution in [0.3, 0.4) is 0 Å². The van der Waals surface area contributed by atoms with Crippen LogP contribution in [0.15, 0.2) is 175 Å². The van der Waals surface area contributed by atoms with Crippen molar-refractivity contribution >= 4 is 30.4 Å². The Labute approximate surface area is 268 Å². The van der Waals surface area contributed by atoms with Gasteiger partial charge in [0.2, 0.25) is 0 Å². The standard InChI is InChI=1S/C42H48P2/c1-5-9-26-38(8-4)43(37(7-3)25-6-2,39-29-17-12-18-30-39)35-23-24-36-44(41-31-19-13-20-32-41,42-33-21-14-22-34-42)40-27-15-10-11-16-28-40/h5-9,12-15,17-27,29-34,40,43-44H,1,10,28,35-36H2,2-4H3/b24-23+,25-6-,26-9-,37-7+,38-8+/t40-/m1/s1. The molecule has 0 spiro atoms. The Morgan fingerprint density at radius 1 is 0.727 bits per heavy atom. The third-order valence-corrected chi connectivity index (χ3v) is 19.2. The summed E-state index contributed by atoms with van der Waals surface area (Å²) in [6, 6.07) is 33.8. The molecule has 1 atom stereocenters. The van der Waals surface area contributed by atoms with Crippen LogP contribution in [-0.2, 0) is 0 Å². The van der Waals surface area contributed by atoms with Crippen molar-refractivity contribution in [2.75, 3.05) is 12.3 Å². The molecule has 0 radical (unpaired) electrons. The van der Waals surface area contributed by atoms with Gasteiger partial charge in [0.25, 0.3) is 0 Å². The molecule has 0 saturated carbocycles. The molecule has 3 aromatic carbocycles. The van der Waals surface area contributed by atoms with Crippen LogP contribution in [0.25, 0.3) is 0 Å². The van der Waals surface area contributed by atoms with Crippen LogP contribution in [0.5, 0.6) is 0 Å². The quantitative estimate of drug-likeness (QED) is 0.0778. The summed E-state index contributed by atoms with van der Waals surface area (Å²) in [5.41, 5.74) is 0.402. The van der Waals surface area contributed by atoms with Gasteiger partial charge in [-0.3, -0.25) is 0 Å². The summed E-state index contributed by atoms with van der Waals surface area (Å²) < 4.78 is 0. The molecule has 0 unspecified atom stereocenters. The third-order valence-electron chi connectivity index (χ3n) is 8.91. The van der Waals surface area contributed by atoms with E-state index in [-0.39, 0.29) is 0 Å². The van der Waals surface area contributed by atoms with Crippen LogP contribution in [-0.4, -0.2) is 18.0 Å². The van der Waals surface area contributed by atoms with Gasteiger partial charge in [-0.2, -0.15) is 0 Å². The average Bonchev–Trinajstić information content (AvgIpc) is 3.38. The van der Waals surface area contributed by atoms with Gasteiger partial charge >= 0.3 is 269 Å². The van der Waals surface area contributed by atoms with E-state index in [1.54, 1.807) is 0 Å². The number of benzene rings is 3. The van der Waals surface area contributed by atoms with E-state index in [4.69, 9.17) is 0 Å². The molecule has 0 bridgehead atoms. The van der Waals surface area contributed by atoms with Gasteiger partial charge in [0, 0.05) is 0 Å². The number of hydrogen-bond donors (Lipinski definition) is 0. The van der Waals surface area contributed by atoms with Crippen molar-refractivity contribution in [3.05, 3.63) is 175 Å². The first-order valence-electron chi connectivity index (χ1n) is 15.9. The Balaban J connectivity index is 1.88. The van der Waals surface area contributed by atoms with E-state index in [0.717, 1.165) is 25.2 Å². The fraction of sp³-hybridized carbons (Fsp3) is 0.190. The molecular weight excluding hydrogens is 566 g/mol. The van der Waals surface area contributed by atoms with Gasteiger partial charge in [-0.15, -0.1) is 0 Å². The second kappa shape index (κ2) is 16.9. The fourth-order valence-electron chi connectivity index (χ4n) is 6.83. The molecule has 1 aliphatic carbocycles. The molecule has 0 aliphatic heterocycles. The van der Waals surface area contributed by atoms with Crippen molar-refractivity contribution in [2.45, 2.75) is 39.3 Å². The van der Waals surface area contributed by atoms with Crippen molar-refractivity contribution in [1.82, 2.24) is 0 Å². The molecular formula is C42H48P2. The van der Waals surface area contributed by atoms with Gasteiger partial charge in [0.05, 0.1) is 0 Å². The van der Waals surface area contributed by atoms with E-state index in [9.17, 15) is 0 Å². The van der Waals surface area contributed by atoms with Crippen molar-refractivity contribution < 1.29 is 0 Å². The SMILES string of the molecule is C=C/C=C\C(=C/C)[PH](C/C=C/C[PH](c1ccccc1)(c1ccccc1)[C@@H]1C=CCC#CC1)(C(/C=C\C)=C/C)c1ccccc1. The Morgan fingerprint density at radius 2 is 1.27 bits per heavy atom. The minimum absolute atomic E-state index is 0.402. The summed E-state index contributed by atoms with van der Waals surface area (Å²) in [5.74, 6) is 6.89. The Kier molecular flexibility index (Phi) is 12.8. The van der Waals surface area contributed by atoms with Crippen LogP contribution in [0.2, 0.25) is 0 Å². The molecule has 0 heterocycles. The van der Waals surface area contributed by atoms with Gasteiger partial charge < -0.3 is 0 Å². The van der Waals surface area contributed by atoms with Gasteiger partial charge in [0.1, 0.15) is 0 Å². The van der Waals surface area contributed by atoms with E-state index in [1.807, 2.05) is 6.08 Å². The summed E-state index contributed by atoms with van der Waals surface area (Å²) in [5, 5.41) is 7.21. The van der Waals surface area contributed by atoms with Gasteiger partial charge in [-0.1, -0.05) is 0 Å². The Hall–Kier alpha value is -3.74. The number of hydrogen-bond acceptors (Lipinski definition) is 0. The normalized spacial score (nSPS) is 17.0. The average molecular weight is 615 g/mol. The summed E-state index contributed by atoms with van der Waals surface area (Å²) in [6.45, 7) is 10.5. The Bertz CT molecular complexity index is 1550. The first-order chi connectivity index (χ1) is 21.7. The van der Waals surface area contributed by atoms with Crippen LogP contribution in [0.4, 0.5) is 0 Å². The molecule has 0 saturated heterocycles. The topological polar surface area (TPSA) is 0 Å². The zero-order chi connectivity index (χ0) is 31.1. The fourth-order valence-corrected chi connectivity index (χ4v) is 16.6. The van der Waals surface area contributed by atoms with Crippen LogP contribution < -0.4 is 15.9 Å². The van der Waals surface area contributed by atoms with E-state index < -0.39 is 14.5 Å². The van der Waals surface area contributed by atoms with Gasteiger partial charge in [-0.25, -0.2) is 0 Å². The van der Waals surface area contributed by atoms with E-state index in [1.165, 1.54) is 26.5 Å². The second-order valence-corrected chi connectivity index (χ2v) is 19.4. The molecule has 4 rings (SSSR count). The predicted octanol–water partition coefficient (Wildman–Crippen LogP) is 9.87. The summed E-state index contributed by atoms with van der Waals surface area (Å²) in [6.07, 6.45) is 29.0. The molecule has 0 nitrogen and oxygen atoms in total. The predicted molar refractivity (Wildman–Crippen MR) is 205 cm³/mol. The monoisotopic (exact) mass is 614 g/mol. The molecule has 0 N–H and O–H groups in total. The third kappa shape index (κ3) is 7.31. The molecule has 1 aliphatic rings. The van der Waals surface area contributed by atoms with Crippen LogP contribution in [0.1, 0.15) is 33.6 Å². The van der Waals surface area contributed by atoms with E-state index >= 15 is 0 Å². The van der Waals surface area contributed by atoms with Gasteiger partial charge in [-0.05, 0) is 0 Å². The molecule has 2 heteroatoms. The first kappa shape index (κ1) is 33.2. The van der Waals surface area contributed by atoms with Gasteiger partial charge in [0.15, 0.2) is 0 Å². The van der Waals surface area contributed by atoms with Crippen molar-refractivity contribution in [3.8, 4) is 11.8 Å². The number of rotatable bonds is 13. The van der Waals surface area contributed by atoms with Crippen molar-refractivity contribution in [3.63, 3.8) is 0 Å². The molecule has 3 aromatic rings. The van der Waals surface area contributed by atoms with Crippen molar-refractivity contribution in [2.24, 2.45) is 0 Å². The zero-order valence-electron chi connectivity index (χ0n) is 26.6. The Morgan fingerprint density at radius 3 is 1.82 bits per heavy atom. The maximum absolute atomic E-state index is 3.98. The first-order valence-corrected chi connectivity index (χ1v) is 20.4. The summed E-state index contributed by atoms with van der Waals surface area (Å²) in [7, 11) is -4.69. The van der Waals surface area contributed by atoms with Crippen molar-refractivity contribution in [1.29, 1.82) is 0 Å². The number of allylic oxidation sites excluding steroid dienone is 13. The molecule has 0 amide bonds. The molecule has 0 aromatic heterocycles. The van der Waals surface area contributed by atoms with E-state index in [2.05, 4.69) is 191 Å². The van der Waals surface area contributed by atoms with Crippen LogP contribution in [0, 0.1) is 11.8 Å². The molecule has 226 valence electrons. The maximum atomic E-state index is 3.98. The molecule has 44 heavy (non-hydrogen) atoms. The summed E-state index contributed by atoms with van der Waals surface area (Å²) in [4.78, 5) is 0. The second-order valence-electron chi connectivity index (χ2n) is 11.2. The zero-order valence-corrected chi connectivity index (χ0v) is 28.6. The van der Waals surface area contributed by atoms with Crippen LogP contribution >= 0.6 is 14.5 Å².